The Kier molecular flexibility index (Phi) is 3.93. The average molecular weight is 274 g/mol. The predicted molar refractivity (Wildman–Crippen MR) is 77.5 cm³/mol. The Hall–Kier alpha value is -2.10. The molecule has 2 rings (SSSR count). The van der Waals surface area contributed by atoms with Gasteiger partial charge in [-0.1, -0.05) is 13.8 Å². The number of hydrogen-bond acceptors (Lipinski definition) is 4. The van der Waals surface area contributed by atoms with Gasteiger partial charge in [-0.2, -0.15) is 0 Å². The molecule has 4 nitrogen and oxygen atoms in total. The highest BCUT2D eigenvalue weighted by Crippen LogP contribution is 2.30. The van der Waals surface area contributed by atoms with E-state index >= 15 is 0 Å². The standard InChI is InChI=1S/C16H18O4/c1-9(2)13-7-15(18)20-14-6-12(19-8-11(4)17)5-10(3)16(13)14/h5-7,9H,8H2,1-4H3. The summed E-state index contributed by atoms with van der Waals surface area (Å²) < 4.78 is 10.6. The lowest BCUT2D eigenvalue weighted by Gasteiger charge is -2.12. The lowest BCUT2D eigenvalue weighted by atomic mass is 9.96. The number of benzene rings is 1. The smallest absolute Gasteiger partial charge is 0.336 e. The van der Waals surface area contributed by atoms with E-state index in [2.05, 4.69) is 0 Å². The molecular formula is C16H18O4. The predicted octanol–water partition coefficient (Wildman–Crippen LogP) is 3.19. The molecule has 0 bridgehead atoms. The number of Topliss-reactive ketones (excluding diaryl/α,β-unsaturated/α-hetero) is 1. The van der Waals surface area contributed by atoms with E-state index in [4.69, 9.17) is 9.15 Å². The van der Waals surface area contributed by atoms with E-state index in [1.54, 1.807) is 6.07 Å². The summed E-state index contributed by atoms with van der Waals surface area (Å²) in [7, 11) is 0. The number of ether oxygens (including phenoxy) is 1. The Morgan fingerprint density at radius 3 is 2.60 bits per heavy atom. The maximum atomic E-state index is 11.6. The van der Waals surface area contributed by atoms with Crippen LogP contribution in [0.25, 0.3) is 11.0 Å². The Bertz CT molecular complexity index is 710. The highest BCUT2D eigenvalue weighted by atomic mass is 16.5. The van der Waals surface area contributed by atoms with Crippen LogP contribution in [0.4, 0.5) is 0 Å². The van der Waals surface area contributed by atoms with Gasteiger partial charge in [0.25, 0.3) is 0 Å². The van der Waals surface area contributed by atoms with Crippen LogP contribution in [0.15, 0.2) is 27.4 Å². The molecule has 0 N–H and O–H groups in total. The Morgan fingerprint density at radius 1 is 1.30 bits per heavy atom. The average Bonchev–Trinajstić information content (AvgIpc) is 2.34. The van der Waals surface area contributed by atoms with Crippen molar-refractivity contribution in [2.45, 2.75) is 33.6 Å². The zero-order valence-corrected chi connectivity index (χ0v) is 12.1. The van der Waals surface area contributed by atoms with Crippen molar-refractivity contribution in [3.63, 3.8) is 0 Å². The van der Waals surface area contributed by atoms with Gasteiger partial charge in [0.15, 0.2) is 5.78 Å². The highest BCUT2D eigenvalue weighted by Gasteiger charge is 2.13. The quantitative estimate of drug-likeness (QED) is 0.803. The zero-order chi connectivity index (χ0) is 14.9. The van der Waals surface area contributed by atoms with Crippen LogP contribution in [-0.4, -0.2) is 12.4 Å². The van der Waals surface area contributed by atoms with Crippen LogP contribution in [0.3, 0.4) is 0 Å². The van der Waals surface area contributed by atoms with Crippen LogP contribution in [0.1, 0.15) is 37.8 Å². The molecule has 0 radical (unpaired) electrons. The number of rotatable bonds is 4. The summed E-state index contributed by atoms with van der Waals surface area (Å²) >= 11 is 0. The van der Waals surface area contributed by atoms with Crippen LogP contribution in [-0.2, 0) is 4.79 Å². The first-order valence-corrected chi connectivity index (χ1v) is 6.59. The lowest BCUT2D eigenvalue weighted by molar-refractivity contribution is -0.118. The maximum Gasteiger partial charge on any atom is 0.336 e. The molecule has 0 saturated heterocycles. The van der Waals surface area contributed by atoms with Gasteiger partial charge in [0, 0.05) is 17.5 Å². The van der Waals surface area contributed by atoms with Gasteiger partial charge >= 0.3 is 5.63 Å². The summed E-state index contributed by atoms with van der Waals surface area (Å²) in [6.07, 6.45) is 0. The number of carbonyl (C=O) groups is 1. The van der Waals surface area contributed by atoms with Gasteiger partial charge in [-0.15, -0.1) is 0 Å². The molecular weight excluding hydrogens is 256 g/mol. The molecule has 2 aromatic rings. The molecule has 106 valence electrons. The Morgan fingerprint density at radius 2 is 2.00 bits per heavy atom. The third-order valence-electron chi connectivity index (χ3n) is 3.11. The third kappa shape index (κ3) is 2.90. The van der Waals surface area contributed by atoms with Gasteiger partial charge in [-0.25, -0.2) is 4.79 Å². The highest BCUT2D eigenvalue weighted by molar-refractivity contribution is 5.85. The minimum atomic E-state index is -0.371. The molecule has 1 aromatic heterocycles. The molecule has 0 amide bonds. The van der Waals surface area contributed by atoms with Crippen LogP contribution in [0.2, 0.25) is 0 Å². The second-order valence-corrected chi connectivity index (χ2v) is 5.28. The van der Waals surface area contributed by atoms with E-state index in [1.165, 1.54) is 13.0 Å². The third-order valence-corrected chi connectivity index (χ3v) is 3.11. The summed E-state index contributed by atoms with van der Waals surface area (Å²) in [5, 5.41) is 0.940. The molecule has 1 heterocycles. The molecule has 20 heavy (non-hydrogen) atoms. The molecule has 4 heteroatoms. The zero-order valence-electron chi connectivity index (χ0n) is 12.1. The SMILES string of the molecule is CC(=O)COc1cc(C)c2c(C(C)C)cc(=O)oc2c1. The van der Waals surface area contributed by atoms with Crippen molar-refractivity contribution in [1.82, 2.24) is 0 Å². The van der Waals surface area contributed by atoms with Crippen molar-refractivity contribution >= 4 is 16.8 Å². The number of fused-ring (bicyclic) bond motifs is 1. The first-order valence-electron chi connectivity index (χ1n) is 6.59. The maximum absolute atomic E-state index is 11.6. The van der Waals surface area contributed by atoms with Crippen LogP contribution in [0.5, 0.6) is 5.75 Å². The topological polar surface area (TPSA) is 56.5 Å². The molecule has 0 aliphatic heterocycles. The first kappa shape index (κ1) is 14.3. The summed E-state index contributed by atoms with van der Waals surface area (Å²) in [5.41, 5.74) is 2.06. The van der Waals surface area contributed by atoms with Crippen LogP contribution in [0, 0.1) is 6.92 Å². The van der Waals surface area contributed by atoms with E-state index in [-0.39, 0.29) is 23.9 Å². The van der Waals surface area contributed by atoms with Gasteiger partial charge in [-0.3, -0.25) is 4.79 Å². The van der Waals surface area contributed by atoms with Crippen molar-refractivity contribution < 1.29 is 13.9 Å². The van der Waals surface area contributed by atoms with Crippen molar-refractivity contribution in [1.29, 1.82) is 0 Å². The van der Waals surface area contributed by atoms with Crippen LogP contribution < -0.4 is 10.4 Å². The molecule has 0 fully saturated rings. The molecule has 0 saturated carbocycles. The van der Waals surface area contributed by atoms with E-state index < -0.39 is 0 Å². The fourth-order valence-corrected chi connectivity index (χ4v) is 2.23. The van der Waals surface area contributed by atoms with Gasteiger partial charge in [0.2, 0.25) is 0 Å². The van der Waals surface area contributed by atoms with Gasteiger partial charge in [0.05, 0.1) is 0 Å². The van der Waals surface area contributed by atoms with E-state index in [0.29, 0.717) is 11.3 Å². The van der Waals surface area contributed by atoms with E-state index in [1.807, 2.05) is 26.8 Å². The fourth-order valence-electron chi connectivity index (χ4n) is 2.23. The van der Waals surface area contributed by atoms with Gasteiger partial charge in [0.1, 0.15) is 17.9 Å². The number of carbonyl (C=O) groups excluding carboxylic acids is 1. The van der Waals surface area contributed by atoms with Gasteiger partial charge < -0.3 is 9.15 Å². The monoisotopic (exact) mass is 274 g/mol. The summed E-state index contributed by atoms with van der Waals surface area (Å²) in [4.78, 5) is 22.6. The molecule has 0 aliphatic carbocycles. The van der Waals surface area contributed by atoms with Gasteiger partial charge in [-0.05, 0) is 37.0 Å². The first-order chi connectivity index (χ1) is 9.38. The number of ketones is 1. The molecule has 0 spiro atoms. The molecule has 0 unspecified atom stereocenters. The van der Waals surface area contributed by atoms with E-state index in [9.17, 15) is 9.59 Å². The van der Waals surface area contributed by atoms with Crippen molar-refractivity contribution in [2.75, 3.05) is 6.61 Å². The molecule has 1 aromatic carbocycles. The normalized spacial score (nSPS) is 11.1. The fraction of sp³-hybridized carbons (Fsp3) is 0.375. The molecule has 0 aliphatic rings. The summed E-state index contributed by atoms with van der Waals surface area (Å²) in [5.74, 6) is 0.707. The van der Waals surface area contributed by atoms with Crippen LogP contribution >= 0.6 is 0 Å². The number of hydrogen-bond donors (Lipinski definition) is 0. The summed E-state index contributed by atoms with van der Waals surface area (Å²) in [6.45, 7) is 7.49. The molecule has 0 atom stereocenters. The Labute approximate surface area is 117 Å². The minimum Gasteiger partial charge on any atom is -0.486 e. The van der Waals surface area contributed by atoms with E-state index in [0.717, 1.165) is 16.5 Å². The Balaban J connectivity index is 2.60. The summed E-state index contributed by atoms with van der Waals surface area (Å²) in [6, 6.07) is 5.06. The van der Waals surface area contributed by atoms with Crippen molar-refractivity contribution in [3.05, 3.63) is 39.7 Å². The number of aryl methyl sites for hydroxylation is 1. The minimum absolute atomic E-state index is 0.0129. The largest absolute Gasteiger partial charge is 0.486 e. The second-order valence-electron chi connectivity index (χ2n) is 5.28. The van der Waals surface area contributed by atoms with Crippen molar-refractivity contribution in [2.24, 2.45) is 0 Å². The van der Waals surface area contributed by atoms with Crippen molar-refractivity contribution in [3.8, 4) is 5.75 Å². The second kappa shape index (κ2) is 5.49. The lowest BCUT2D eigenvalue weighted by Crippen LogP contribution is -2.07.